The van der Waals surface area contributed by atoms with Crippen molar-refractivity contribution in [2.24, 2.45) is 0 Å². The molecular weight excluding hydrogens is 277 g/mol. The molecular formula is C14H10FN3OS. The number of aromatic nitrogens is 1. The normalized spacial score (nSPS) is 10.7. The Morgan fingerprint density at radius 3 is 3.00 bits per heavy atom. The maximum absolute atomic E-state index is 13.3. The van der Waals surface area contributed by atoms with Gasteiger partial charge in [-0.2, -0.15) is 0 Å². The van der Waals surface area contributed by atoms with Gasteiger partial charge in [-0.3, -0.25) is 4.79 Å². The number of rotatable bonds is 2. The lowest BCUT2D eigenvalue weighted by Gasteiger charge is -2.08. The fraction of sp³-hybridized carbons (Fsp3) is 0. The number of para-hydroxylation sites is 1. The minimum Gasteiger partial charge on any atom is -0.396 e. The van der Waals surface area contributed by atoms with Gasteiger partial charge < -0.3 is 11.1 Å². The van der Waals surface area contributed by atoms with Gasteiger partial charge in [-0.15, -0.1) is 11.3 Å². The van der Waals surface area contributed by atoms with Crippen molar-refractivity contribution < 1.29 is 9.18 Å². The first kappa shape index (κ1) is 12.6. The molecule has 0 saturated heterocycles. The predicted molar refractivity (Wildman–Crippen MR) is 78.4 cm³/mol. The van der Waals surface area contributed by atoms with Crippen molar-refractivity contribution in [1.82, 2.24) is 4.98 Å². The van der Waals surface area contributed by atoms with E-state index < -0.39 is 11.7 Å². The molecule has 1 heterocycles. The first-order valence-corrected chi connectivity index (χ1v) is 6.72. The fourth-order valence-corrected chi connectivity index (χ4v) is 2.58. The van der Waals surface area contributed by atoms with Gasteiger partial charge in [0.25, 0.3) is 5.91 Å². The number of nitrogen functional groups attached to an aromatic ring is 1. The van der Waals surface area contributed by atoms with Crippen LogP contribution in [0.15, 0.2) is 41.9 Å². The van der Waals surface area contributed by atoms with Crippen LogP contribution in [0.3, 0.4) is 0 Å². The Hall–Kier alpha value is -2.47. The topological polar surface area (TPSA) is 68.0 Å². The minimum atomic E-state index is -0.601. The lowest BCUT2D eigenvalue weighted by atomic mass is 10.1. The second kappa shape index (κ2) is 4.90. The van der Waals surface area contributed by atoms with Crippen molar-refractivity contribution in [3.05, 3.63) is 53.3 Å². The van der Waals surface area contributed by atoms with Crippen molar-refractivity contribution in [3.63, 3.8) is 0 Å². The zero-order chi connectivity index (χ0) is 14.1. The fourth-order valence-electron chi connectivity index (χ4n) is 1.87. The second-order valence-corrected chi connectivity index (χ2v) is 5.08. The number of carbonyl (C=O) groups is 1. The summed E-state index contributed by atoms with van der Waals surface area (Å²) in [4.78, 5) is 16.3. The number of hydrogen-bond acceptors (Lipinski definition) is 4. The zero-order valence-corrected chi connectivity index (χ0v) is 11.1. The molecule has 0 saturated carbocycles. The number of anilines is 2. The number of nitrogens with one attached hydrogen (secondary N) is 1. The van der Waals surface area contributed by atoms with E-state index in [9.17, 15) is 9.18 Å². The van der Waals surface area contributed by atoms with Crippen LogP contribution in [-0.4, -0.2) is 10.9 Å². The standard InChI is InChI=1S/C14H10FN3OS/c15-10-3-1-2-9(13(10)16)14(19)18-8-4-5-11-12(6-8)20-7-17-11/h1-7H,16H2,(H,18,19). The van der Waals surface area contributed by atoms with Crippen LogP contribution in [0.2, 0.25) is 0 Å². The highest BCUT2D eigenvalue weighted by Crippen LogP contribution is 2.23. The molecule has 4 nitrogen and oxygen atoms in total. The molecule has 0 radical (unpaired) electrons. The van der Waals surface area contributed by atoms with E-state index in [1.165, 1.54) is 29.5 Å². The Bertz CT molecular complexity index is 800. The first-order chi connectivity index (χ1) is 9.65. The summed E-state index contributed by atoms with van der Waals surface area (Å²) in [5.41, 5.74) is 8.77. The van der Waals surface area contributed by atoms with Crippen molar-refractivity contribution in [2.75, 3.05) is 11.1 Å². The van der Waals surface area contributed by atoms with Gasteiger partial charge in [0.15, 0.2) is 0 Å². The third-order valence-corrected chi connectivity index (χ3v) is 3.68. The largest absolute Gasteiger partial charge is 0.396 e. The number of halogens is 1. The number of carbonyl (C=O) groups excluding carboxylic acids is 1. The molecule has 0 aliphatic rings. The van der Waals surface area contributed by atoms with Gasteiger partial charge in [0, 0.05) is 5.69 Å². The number of nitrogens with two attached hydrogens (primary N) is 1. The highest BCUT2D eigenvalue weighted by atomic mass is 32.1. The molecule has 3 rings (SSSR count). The number of hydrogen-bond donors (Lipinski definition) is 2. The summed E-state index contributed by atoms with van der Waals surface area (Å²) >= 11 is 1.48. The average Bonchev–Trinajstić information content (AvgIpc) is 2.89. The Morgan fingerprint density at radius 1 is 1.30 bits per heavy atom. The van der Waals surface area contributed by atoms with Gasteiger partial charge in [0.1, 0.15) is 5.82 Å². The van der Waals surface area contributed by atoms with E-state index in [0.717, 1.165) is 10.2 Å². The van der Waals surface area contributed by atoms with Crippen LogP contribution < -0.4 is 11.1 Å². The van der Waals surface area contributed by atoms with Gasteiger partial charge in [-0.1, -0.05) is 6.07 Å². The number of benzene rings is 2. The molecule has 0 bridgehead atoms. The predicted octanol–water partition coefficient (Wildman–Crippen LogP) is 3.27. The van der Waals surface area contributed by atoms with Gasteiger partial charge in [-0.05, 0) is 30.3 Å². The van der Waals surface area contributed by atoms with Crippen molar-refractivity contribution in [3.8, 4) is 0 Å². The van der Waals surface area contributed by atoms with Crippen molar-refractivity contribution >= 4 is 38.8 Å². The molecule has 0 unspecified atom stereocenters. The van der Waals surface area contributed by atoms with E-state index in [1.807, 2.05) is 12.1 Å². The van der Waals surface area contributed by atoms with Crippen molar-refractivity contribution in [2.45, 2.75) is 0 Å². The molecule has 100 valence electrons. The van der Waals surface area contributed by atoms with Gasteiger partial charge in [0.05, 0.1) is 27.0 Å². The summed E-state index contributed by atoms with van der Waals surface area (Å²) in [6, 6.07) is 9.54. The second-order valence-electron chi connectivity index (χ2n) is 4.19. The van der Waals surface area contributed by atoms with E-state index >= 15 is 0 Å². The summed E-state index contributed by atoms with van der Waals surface area (Å²) in [6.45, 7) is 0. The van der Waals surface area contributed by atoms with Crippen LogP contribution in [0.5, 0.6) is 0 Å². The molecule has 0 spiro atoms. The van der Waals surface area contributed by atoms with E-state index in [4.69, 9.17) is 5.73 Å². The zero-order valence-electron chi connectivity index (χ0n) is 10.3. The Morgan fingerprint density at radius 2 is 2.15 bits per heavy atom. The summed E-state index contributed by atoms with van der Waals surface area (Å²) in [6.07, 6.45) is 0. The average molecular weight is 287 g/mol. The number of amides is 1. The summed E-state index contributed by atoms with van der Waals surface area (Å²) in [5, 5.41) is 2.70. The molecule has 3 N–H and O–H groups in total. The first-order valence-electron chi connectivity index (χ1n) is 5.84. The van der Waals surface area contributed by atoms with Gasteiger partial charge in [0.2, 0.25) is 0 Å². The highest BCUT2D eigenvalue weighted by Gasteiger charge is 2.13. The van der Waals surface area contributed by atoms with Gasteiger partial charge >= 0.3 is 0 Å². The molecule has 1 aromatic heterocycles. The van der Waals surface area contributed by atoms with Crippen LogP contribution in [0.25, 0.3) is 10.2 Å². The maximum atomic E-state index is 13.3. The quantitative estimate of drug-likeness (QED) is 0.711. The Labute approximate surface area is 118 Å². The van der Waals surface area contributed by atoms with Crippen LogP contribution in [0.4, 0.5) is 15.8 Å². The third kappa shape index (κ3) is 2.21. The van der Waals surface area contributed by atoms with Crippen LogP contribution >= 0.6 is 11.3 Å². The molecule has 6 heteroatoms. The van der Waals surface area contributed by atoms with E-state index in [1.54, 1.807) is 11.6 Å². The number of fused-ring (bicyclic) bond motifs is 1. The Balaban J connectivity index is 1.90. The summed E-state index contributed by atoms with van der Waals surface area (Å²) in [7, 11) is 0. The van der Waals surface area contributed by atoms with Crippen LogP contribution in [-0.2, 0) is 0 Å². The molecule has 20 heavy (non-hydrogen) atoms. The monoisotopic (exact) mass is 287 g/mol. The minimum absolute atomic E-state index is 0.120. The van der Waals surface area contributed by atoms with E-state index in [-0.39, 0.29) is 11.3 Å². The number of thiazole rings is 1. The summed E-state index contributed by atoms with van der Waals surface area (Å²) < 4.78 is 14.3. The van der Waals surface area contributed by atoms with Gasteiger partial charge in [-0.25, -0.2) is 9.37 Å². The molecule has 2 aromatic carbocycles. The summed E-state index contributed by atoms with van der Waals surface area (Å²) in [5.74, 6) is -1.04. The maximum Gasteiger partial charge on any atom is 0.257 e. The molecule has 1 amide bonds. The van der Waals surface area contributed by atoms with Crippen LogP contribution in [0, 0.1) is 5.82 Å². The van der Waals surface area contributed by atoms with E-state index in [2.05, 4.69) is 10.3 Å². The SMILES string of the molecule is Nc1c(F)cccc1C(=O)Nc1ccc2ncsc2c1. The lowest BCUT2D eigenvalue weighted by Crippen LogP contribution is -2.14. The lowest BCUT2D eigenvalue weighted by molar-refractivity contribution is 0.102. The molecule has 0 fully saturated rings. The van der Waals surface area contributed by atoms with Crippen LogP contribution in [0.1, 0.15) is 10.4 Å². The number of nitrogens with zero attached hydrogens (tertiary/aromatic N) is 1. The van der Waals surface area contributed by atoms with Crippen molar-refractivity contribution in [1.29, 1.82) is 0 Å². The molecule has 3 aromatic rings. The van der Waals surface area contributed by atoms with E-state index in [0.29, 0.717) is 5.69 Å². The molecule has 0 aliphatic carbocycles. The smallest absolute Gasteiger partial charge is 0.257 e. The highest BCUT2D eigenvalue weighted by molar-refractivity contribution is 7.16. The third-order valence-electron chi connectivity index (χ3n) is 2.89. The Kier molecular flexibility index (Phi) is 3.08. The molecule has 0 aliphatic heterocycles. The molecule has 0 atom stereocenters.